The molecule has 0 aliphatic heterocycles. The third kappa shape index (κ3) is 3.11. The minimum Gasteiger partial charge on any atom is -0.384 e. The summed E-state index contributed by atoms with van der Waals surface area (Å²) in [5.74, 6) is 1.84. The number of nitrogens with zero attached hydrogens (tertiary/aromatic N) is 2. The van der Waals surface area contributed by atoms with Crippen LogP contribution in [0.2, 0.25) is 5.02 Å². The van der Waals surface area contributed by atoms with Crippen LogP contribution in [0.4, 0.5) is 17.3 Å². The summed E-state index contributed by atoms with van der Waals surface area (Å²) in [6.07, 6.45) is 0.740. The Morgan fingerprint density at radius 2 is 2.11 bits per heavy atom. The summed E-state index contributed by atoms with van der Waals surface area (Å²) in [5, 5.41) is 3.83. The molecule has 0 fully saturated rings. The van der Waals surface area contributed by atoms with Gasteiger partial charge < -0.3 is 11.1 Å². The monoisotopic (exact) mass is 326 g/mol. The molecule has 0 spiro atoms. The van der Waals surface area contributed by atoms with Gasteiger partial charge in [-0.2, -0.15) is 0 Å². The fourth-order valence-electron chi connectivity index (χ4n) is 1.46. The Bertz CT molecular complexity index is 574. The molecule has 1 aromatic heterocycles. The zero-order chi connectivity index (χ0) is 13.1. The molecule has 94 valence electrons. The first-order chi connectivity index (χ1) is 8.58. The summed E-state index contributed by atoms with van der Waals surface area (Å²) < 4.78 is 0.826. The Morgan fingerprint density at radius 1 is 1.33 bits per heavy atom. The lowest BCUT2D eigenvalue weighted by atomic mass is 10.3. The summed E-state index contributed by atoms with van der Waals surface area (Å²) in [6, 6.07) is 7.25. The molecule has 2 aromatic rings. The van der Waals surface area contributed by atoms with Crippen molar-refractivity contribution in [1.29, 1.82) is 0 Å². The quantitative estimate of drug-likeness (QED) is 0.900. The van der Waals surface area contributed by atoms with E-state index in [2.05, 4.69) is 31.2 Å². The van der Waals surface area contributed by atoms with Crippen molar-refractivity contribution in [3.05, 3.63) is 39.6 Å². The van der Waals surface area contributed by atoms with Crippen LogP contribution < -0.4 is 11.1 Å². The van der Waals surface area contributed by atoms with Gasteiger partial charge in [-0.3, -0.25) is 0 Å². The van der Waals surface area contributed by atoms with Crippen molar-refractivity contribution in [2.24, 2.45) is 0 Å². The van der Waals surface area contributed by atoms with E-state index >= 15 is 0 Å². The topological polar surface area (TPSA) is 63.8 Å². The highest BCUT2D eigenvalue weighted by atomic mass is 79.9. The van der Waals surface area contributed by atoms with Gasteiger partial charge in [0.15, 0.2) is 0 Å². The van der Waals surface area contributed by atoms with Crippen molar-refractivity contribution >= 4 is 44.9 Å². The molecule has 0 aliphatic rings. The van der Waals surface area contributed by atoms with Crippen LogP contribution in [-0.4, -0.2) is 9.97 Å². The third-order valence-electron chi connectivity index (χ3n) is 2.30. The molecule has 4 nitrogen and oxygen atoms in total. The van der Waals surface area contributed by atoms with Crippen LogP contribution in [0.1, 0.15) is 12.7 Å². The number of halogens is 2. The number of hydrogen-bond acceptors (Lipinski definition) is 4. The Balaban J connectivity index is 2.27. The molecule has 6 heteroatoms. The Morgan fingerprint density at radius 3 is 2.78 bits per heavy atom. The maximum absolute atomic E-state index is 5.94. The zero-order valence-electron chi connectivity index (χ0n) is 9.74. The van der Waals surface area contributed by atoms with Gasteiger partial charge in [0, 0.05) is 22.6 Å². The summed E-state index contributed by atoms with van der Waals surface area (Å²) >= 11 is 9.31. The van der Waals surface area contributed by atoms with E-state index in [1.54, 1.807) is 12.1 Å². The van der Waals surface area contributed by atoms with Crippen molar-refractivity contribution in [1.82, 2.24) is 9.97 Å². The van der Waals surface area contributed by atoms with Crippen LogP contribution in [0, 0.1) is 0 Å². The Hall–Kier alpha value is -1.33. The largest absolute Gasteiger partial charge is 0.384 e. The van der Waals surface area contributed by atoms with E-state index in [1.165, 1.54) is 0 Å². The average molecular weight is 328 g/mol. The van der Waals surface area contributed by atoms with Crippen LogP contribution in [0.15, 0.2) is 28.7 Å². The van der Waals surface area contributed by atoms with Crippen molar-refractivity contribution in [2.75, 3.05) is 11.1 Å². The second kappa shape index (κ2) is 5.54. The van der Waals surface area contributed by atoms with Crippen LogP contribution in [0.3, 0.4) is 0 Å². The first kappa shape index (κ1) is 13.1. The molecule has 2 rings (SSSR count). The van der Waals surface area contributed by atoms with Gasteiger partial charge in [-0.25, -0.2) is 9.97 Å². The SMILES string of the molecule is CCc1nc(N)cc(Nc2ccc(Cl)c(Br)c2)n1. The molecule has 0 atom stereocenters. The maximum Gasteiger partial charge on any atom is 0.136 e. The number of benzene rings is 1. The molecule has 0 amide bonds. The fourth-order valence-corrected chi connectivity index (χ4v) is 1.96. The Labute approximate surface area is 119 Å². The van der Waals surface area contributed by atoms with Crippen molar-refractivity contribution in [2.45, 2.75) is 13.3 Å². The third-order valence-corrected chi connectivity index (χ3v) is 3.51. The average Bonchev–Trinajstić information content (AvgIpc) is 2.33. The molecule has 1 aromatic carbocycles. The molecule has 0 unspecified atom stereocenters. The molecular weight excluding hydrogens is 316 g/mol. The van der Waals surface area contributed by atoms with Gasteiger partial charge in [0.2, 0.25) is 0 Å². The second-order valence-corrected chi connectivity index (χ2v) is 4.96. The standard InChI is InChI=1S/C12H12BrClN4/c1-2-11-17-10(15)6-12(18-11)16-7-3-4-9(14)8(13)5-7/h3-6H,2H2,1H3,(H3,15,16,17,18). The summed E-state index contributed by atoms with van der Waals surface area (Å²) in [5.41, 5.74) is 6.60. The van der Waals surface area contributed by atoms with Crippen LogP contribution in [-0.2, 0) is 6.42 Å². The molecule has 3 N–H and O–H groups in total. The van der Waals surface area contributed by atoms with E-state index < -0.39 is 0 Å². The van der Waals surface area contributed by atoms with E-state index in [0.717, 1.165) is 16.6 Å². The number of nitrogens with one attached hydrogen (secondary N) is 1. The predicted molar refractivity (Wildman–Crippen MR) is 78.3 cm³/mol. The van der Waals surface area contributed by atoms with Crippen molar-refractivity contribution in [3.8, 4) is 0 Å². The van der Waals surface area contributed by atoms with E-state index in [-0.39, 0.29) is 0 Å². The number of nitrogen functional groups attached to an aromatic ring is 1. The van der Waals surface area contributed by atoms with Crippen LogP contribution in [0.25, 0.3) is 0 Å². The normalized spacial score (nSPS) is 10.4. The lowest BCUT2D eigenvalue weighted by Gasteiger charge is -2.08. The Kier molecular flexibility index (Phi) is 4.04. The van der Waals surface area contributed by atoms with Gasteiger partial charge in [-0.1, -0.05) is 18.5 Å². The van der Waals surface area contributed by atoms with Gasteiger partial charge in [-0.05, 0) is 34.1 Å². The van der Waals surface area contributed by atoms with E-state index in [0.29, 0.717) is 22.5 Å². The molecule has 1 heterocycles. The number of nitrogens with two attached hydrogens (primary N) is 1. The van der Waals surface area contributed by atoms with Gasteiger partial charge in [0.05, 0.1) is 5.02 Å². The lowest BCUT2D eigenvalue weighted by Crippen LogP contribution is -2.02. The molecule has 0 aliphatic carbocycles. The van der Waals surface area contributed by atoms with Gasteiger partial charge in [-0.15, -0.1) is 0 Å². The number of anilines is 3. The number of aromatic nitrogens is 2. The maximum atomic E-state index is 5.94. The summed E-state index contributed by atoms with van der Waals surface area (Å²) in [7, 11) is 0. The highest BCUT2D eigenvalue weighted by Gasteiger charge is 2.03. The van der Waals surface area contributed by atoms with E-state index in [4.69, 9.17) is 17.3 Å². The number of hydrogen-bond donors (Lipinski definition) is 2. The van der Waals surface area contributed by atoms with Gasteiger partial charge >= 0.3 is 0 Å². The summed E-state index contributed by atoms with van der Waals surface area (Å²) in [4.78, 5) is 8.47. The first-order valence-electron chi connectivity index (χ1n) is 5.44. The molecule has 0 bridgehead atoms. The number of aryl methyl sites for hydroxylation is 1. The predicted octanol–water partition coefficient (Wildman–Crippen LogP) is 3.78. The highest BCUT2D eigenvalue weighted by molar-refractivity contribution is 9.10. The number of rotatable bonds is 3. The van der Waals surface area contributed by atoms with Crippen LogP contribution in [0.5, 0.6) is 0 Å². The molecule has 0 saturated heterocycles. The van der Waals surface area contributed by atoms with Crippen molar-refractivity contribution < 1.29 is 0 Å². The molecule has 0 radical (unpaired) electrons. The lowest BCUT2D eigenvalue weighted by molar-refractivity contribution is 0.948. The smallest absolute Gasteiger partial charge is 0.136 e. The van der Waals surface area contributed by atoms with Gasteiger partial charge in [0.1, 0.15) is 17.5 Å². The zero-order valence-corrected chi connectivity index (χ0v) is 12.1. The minimum atomic E-state index is 0.456. The fraction of sp³-hybridized carbons (Fsp3) is 0.167. The van der Waals surface area contributed by atoms with Gasteiger partial charge in [0.25, 0.3) is 0 Å². The van der Waals surface area contributed by atoms with Crippen molar-refractivity contribution in [3.63, 3.8) is 0 Å². The second-order valence-electron chi connectivity index (χ2n) is 3.70. The van der Waals surface area contributed by atoms with E-state index in [9.17, 15) is 0 Å². The van der Waals surface area contributed by atoms with Crippen LogP contribution >= 0.6 is 27.5 Å². The van der Waals surface area contributed by atoms with E-state index in [1.807, 2.05) is 19.1 Å². The molecule has 18 heavy (non-hydrogen) atoms. The highest BCUT2D eigenvalue weighted by Crippen LogP contribution is 2.27. The summed E-state index contributed by atoms with van der Waals surface area (Å²) in [6.45, 7) is 1.98. The first-order valence-corrected chi connectivity index (χ1v) is 6.61. The molecular formula is C12H12BrClN4. The minimum absolute atomic E-state index is 0.456. The molecule has 0 saturated carbocycles.